The highest BCUT2D eigenvalue weighted by Crippen LogP contribution is 2.04. The Balaban J connectivity index is 2.73. The first-order chi connectivity index (χ1) is 5.24. The van der Waals surface area contributed by atoms with Crippen LogP contribution in [0.4, 0.5) is 0 Å². The standard InChI is InChI=1S/C6H8N2O2S/c1-11-3-5-7-2-4(8-5)6(9)10/h2H,3H2,1H3,(H,7,8)(H,9,10). The number of carboxylic acid groups (broad SMARTS) is 1. The van der Waals surface area contributed by atoms with Crippen LogP contribution in [-0.4, -0.2) is 27.3 Å². The lowest BCUT2D eigenvalue weighted by atomic mass is 10.5. The molecular weight excluding hydrogens is 164 g/mol. The number of hydrogen-bond donors (Lipinski definition) is 2. The summed E-state index contributed by atoms with van der Waals surface area (Å²) in [4.78, 5) is 16.9. The van der Waals surface area contributed by atoms with Crippen LogP contribution in [0.5, 0.6) is 0 Å². The van der Waals surface area contributed by atoms with Gasteiger partial charge in [0.25, 0.3) is 0 Å². The van der Waals surface area contributed by atoms with Crippen molar-refractivity contribution in [3.05, 3.63) is 17.7 Å². The third kappa shape index (κ3) is 1.98. The highest BCUT2D eigenvalue weighted by molar-refractivity contribution is 7.97. The first-order valence-electron chi connectivity index (χ1n) is 3.00. The second-order valence-electron chi connectivity index (χ2n) is 1.98. The predicted octanol–water partition coefficient (Wildman–Crippen LogP) is 0.971. The van der Waals surface area contributed by atoms with Crippen molar-refractivity contribution < 1.29 is 9.90 Å². The molecule has 4 nitrogen and oxygen atoms in total. The fourth-order valence-corrected chi connectivity index (χ4v) is 1.10. The molecule has 0 bridgehead atoms. The molecule has 0 amide bonds. The summed E-state index contributed by atoms with van der Waals surface area (Å²) in [6, 6.07) is 0. The molecular formula is C6H8N2O2S. The Labute approximate surface area is 68.0 Å². The zero-order valence-corrected chi connectivity index (χ0v) is 6.81. The van der Waals surface area contributed by atoms with Gasteiger partial charge in [0, 0.05) is 0 Å². The van der Waals surface area contributed by atoms with Crippen LogP contribution in [0.1, 0.15) is 16.3 Å². The van der Waals surface area contributed by atoms with Gasteiger partial charge in [0.1, 0.15) is 11.5 Å². The minimum absolute atomic E-state index is 0.147. The van der Waals surface area contributed by atoms with Crippen LogP contribution in [0.15, 0.2) is 6.20 Å². The molecule has 0 saturated heterocycles. The maximum Gasteiger partial charge on any atom is 0.353 e. The highest BCUT2D eigenvalue weighted by atomic mass is 32.2. The van der Waals surface area contributed by atoms with Gasteiger partial charge >= 0.3 is 5.97 Å². The van der Waals surface area contributed by atoms with Gasteiger partial charge in [0.15, 0.2) is 0 Å². The first-order valence-corrected chi connectivity index (χ1v) is 4.39. The largest absolute Gasteiger partial charge is 0.477 e. The molecule has 0 aliphatic rings. The number of aromatic carboxylic acids is 1. The van der Waals surface area contributed by atoms with Crippen LogP contribution < -0.4 is 0 Å². The van der Waals surface area contributed by atoms with Crippen molar-refractivity contribution in [3.63, 3.8) is 0 Å². The summed E-state index contributed by atoms with van der Waals surface area (Å²) in [7, 11) is 0. The van der Waals surface area contributed by atoms with Crippen molar-refractivity contribution in [2.24, 2.45) is 0 Å². The molecule has 60 valence electrons. The van der Waals surface area contributed by atoms with Gasteiger partial charge in [0.05, 0.1) is 11.9 Å². The van der Waals surface area contributed by atoms with Gasteiger partial charge < -0.3 is 10.1 Å². The molecule has 1 heterocycles. The topological polar surface area (TPSA) is 66.0 Å². The van der Waals surface area contributed by atoms with E-state index in [1.807, 2.05) is 6.26 Å². The van der Waals surface area contributed by atoms with E-state index in [2.05, 4.69) is 9.97 Å². The maximum atomic E-state index is 10.3. The Hall–Kier alpha value is -0.970. The summed E-state index contributed by atoms with van der Waals surface area (Å²) < 4.78 is 0. The van der Waals surface area contributed by atoms with Crippen LogP contribution >= 0.6 is 11.8 Å². The fraction of sp³-hybridized carbons (Fsp3) is 0.333. The van der Waals surface area contributed by atoms with E-state index < -0.39 is 5.97 Å². The normalized spacial score (nSPS) is 9.91. The first kappa shape index (κ1) is 8.13. The van der Waals surface area contributed by atoms with Crippen molar-refractivity contribution in [3.8, 4) is 0 Å². The number of aromatic nitrogens is 2. The average Bonchev–Trinajstić information content (AvgIpc) is 2.37. The van der Waals surface area contributed by atoms with Gasteiger partial charge in [0.2, 0.25) is 0 Å². The van der Waals surface area contributed by atoms with Crippen molar-refractivity contribution >= 4 is 17.7 Å². The van der Waals surface area contributed by atoms with Gasteiger partial charge in [-0.2, -0.15) is 11.8 Å². The lowest BCUT2D eigenvalue weighted by Gasteiger charge is -1.88. The zero-order chi connectivity index (χ0) is 8.27. The van der Waals surface area contributed by atoms with Gasteiger partial charge in [-0.1, -0.05) is 0 Å². The number of aromatic amines is 1. The molecule has 0 saturated carbocycles. The summed E-state index contributed by atoms with van der Waals surface area (Å²) in [5, 5.41) is 8.49. The molecule has 0 atom stereocenters. The average molecular weight is 172 g/mol. The van der Waals surface area contributed by atoms with Crippen molar-refractivity contribution in [2.45, 2.75) is 5.75 Å². The number of carboxylic acids is 1. The second-order valence-corrected chi connectivity index (χ2v) is 2.85. The molecule has 0 fully saturated rings. The number of imidazole rings is 1. The predicted molar refractivity (Wildman–Crippen MR) is 42.8 cm³/mol. The number of nitrogens with one attached hydrogen (secondary N) is 1. The summed E-state index contributed by atoms with van der Waals surface area (Å²) in [6.07, 6.45) is 3.26. The number of nitrogens with zero attached hydrogens (tertiary/aromatic N) is 1. The molecule has 0 aliphatic heterocycles. The van der Waals surface area contributed by atoms with E-state index in [1.165, 1.54) is 6.20 Å². The Morgan fingerprint density at radius 1 is 1.91 bits per heavy atom. The highest BCUT2D eigenvalue weighted by Gasteiger charge is 2.05. The lowest BCUT2D eigenvalue weighted by Crippen LogP contribution is -1.95. The molecule has 11 heavy (non-hydrogen) atoms. The number of carbonyl (C=O) groups is 1. The molecule has 1 aromatic heterocycles. The maximum absolute atomic E-state index is 10.3. The zero-order valence-electron chi connectivity index (χ0n) is 6.00. The summed E-state index contributed by atoms with van der Waals surface area (Å²) >= 11 is 1.59. The number of thioether (sulfide) groups is 1. The van der Waals surface area contributed by atoms with E-state index in [9.17, 15) is 4.79 Å². The van der Waals surface area contributed by atoms with Crippen molar-refractivity contribution in [1.29, 1.82) is 0 Å². The Morgan fingerprint density at radius 3 is 3.09 bits per heavy atom. The van der Waals surface area contributed by atoms with Gasteiger partial charge in [-0.25, -0.2) is 9.78 Å². The Bertz CT molecular complexity index is 259. The van der Waals surface area contributed by atoms with E-state index >= 15 is 0 Å². The third-order valence-electron chi connectivity index (χ3n) is 1.14. The number of hydrogen-bond acceptors (Lipinski definition) is 3. The summed E-state index contributed by atoms with van der Waals surface area (Å²) in [5.41, 5.74) is 0.147. The minimum Gasteiger partial charge on any atom is -0.477 e. The molecule has 1 aromatic rings. The van der Waals surface area contributed by atoms with Gasteiger partial charge in [-0.15, -0.1) is 0 Å². The second kappa shape index (κ2) is 3.43. The summed E-state index contributed by atoms with van der Waals surface area (Å²) in [5.74, 6) is 0.451. The molecule has 5 heteroatoms. The third-order valence-corrected chi connectivity index (χ3v) is 1.70. The molecule has 0 unspecified atom stereocenters. The van der Waals surface area contributed by atoms with Crippen LogP contribution in [0.25, 0.3) is 0 Å². The lowest BCUT2D eigenvalue weighted by molar-refractivity contribution is 0.0691. The molecule has 0 aliphatic carbocycles. The fourth-order valence-electron chi connectivity index (χ4n) is 0.681. The smallest absolute Gasteiger partial charge is 0.353 e. The molecule has 0 aromatic carbocycles. The van der Waals surface area contributed by atoms with E-state index in [0.717, 1.165) is 0 Å². The SMILES string of the molecule is CSCc1ncc(C(=O)O)[nH]1. The molecule has 0 radical (unpaired) electrons. The molecule has 1 rings (SSSR count). The van der Waals surface area contributed by atoms with E-state index in [4.69, 9.17) is 5.11 Å². The van der Waals surface area contributed by atoms with Crippen LogP contribution in [-0.2, 0) is 5.75 Å². The molecule has 0 spiro atoms. The van der Waals surface area contributed by atoms with Crippen molar-refractivity contribution in [2.75, 3.05) is 6.26 Å². The minimum atomic E-state index is -0.968. The quantitative estimate of drug-likeness (QED) is 0.713. The molecule has 2 N–H and O–H groups in total. The Kier molecular flexibility index (Phi) is 2.53. The van der Waals surface area contributed by atoms with E-state index in [-0.39, 0.29) is 5.69 Å². The van der Waals surface area contributed by atoms with Crippen LogP contribution in [0.3, 0.4) is 0 Å². The van der Waals surface area contributed by atoms with Gasteiger partial charge in [-0.3, -0.25) is 0 Å². The van der Waals surface area contributed by atoms with Crippen LogP contribution in [0.2, 0.25) is 0 Å². The Morgan fingerprint density at radius 2 is 2.64 bits per heavy atom. The number of H-pyrrole nitrogens is 1. The van der Waals surface area contributed by atoms with Crippen LogP contribution in [0, 0.1) is 0 Å². The van der Waals surface area contributed by atoms with E-state index in [1.54, 1.807) is 11.8 Å². The van der Waals surface area contributed by atoms with Gasteiger partial charge in [-0.05, 0) is 6.26 Å². The number of rotatable bonds is 3. The summed E-state index contributed by atoms with van der Waals surface area (Å²) in [6.45, 7) is 0. The van der Waals surface area contributed by atoms with Crippen molar-refractivity contribution in [1.82, 2.24) is 9.97 Å². The van der Waals surface area contributed by atoms with E-state index in [0.29, 0.717) is 11.6 Å². The monoisotopic (exact) mass is 172 g/mol.